The number of anilines is 2. The molecule has 1 fully saturated rings. The average molecular weight is 301 g/mol. The van der Waals surface area contributed by atoms with E-state index < -0.39 is 0 Å². The largest absolute Gasteiger partial charge is 0.394 e. The van der Waals surface area contributed by atoms with Crippen molar-refractivity contribution in [1.82, 2.24) is 14.8 Å². The van der Waals surface area contributed by atoms with Crippen LogP contribution in [0.3, 0.4) is 0 Å². The number of nitrogens with zero attached hydrogens (tertiary/aromatic N) is 4. The summed E-state index contributed by atoms with van der Waals surface area (Å²) in [6.45, 7) is 3.59. The van der Waals surface area contributed by atoms with Crippen LogP contribution in [0.15, 0.2) is 30.7 Å². The SMILES string of the molecule is OCCn1cc(CNc2cc(N3CCCCC3)ccn2)cn1. The molecular weight excluding hydrogens is 278 g/mol. The van der Waals surface area contributed by atoms with Crippen LogP contribution in [0.5, 0.6) is 0 Å². The van der Waals surface area contributed by atoms with Gasteiger partial charge >= 0.3 is 0 Å². The Bertz CT molecular complexity index is 592. The first-order chi connectivity index (χ1) is 10.8. The highest BCUT2D eigenvalue weighted by Gasteiger charge is 2.11. The number of piperidine rings is 1. The molecule has 1 saturated heterocycles. The Kier molecular flexibility index (Phi) is 4.90. The maximum atomic E-state index is 8.90. The molecule has 0 aliphatic carbocycles. The Balaban J connectivity index is 1.59. The molecule has 2 aromatic rings. The smallest absolute Gasteiger partial charge is 0.128 e. The van der Waals surface area contributed by atoms with Gasteiger partial charge in [0.15, 0.2) is 0 Å². The van der Waals surface area contributed by atoms with E-state index in [-0.39, 0.29) is 6.61 Å². The molecule has 6 nitrogen and oxygen atoms in total. The molecular formula is C16H23N5O. The van der Waals surface area contributed by atoms with Crippen molar-refractivity contribution in [2.75, 3.05) is 29.9 Å². The predicted octanol–water partition coefficient (Wildman–Crippen LogP) is 1.87. The van der Waals surface area contributed by atoms with Crippen LogP contribution in [-0.2, 0) is 13.1 Å². The topological polar surface area (TPSA) is 66.2 Å². The normalized spacial score (nSPS) is 15.0. The zero-order chi connectivity index (χ0) is 15.2. The Morgan fingerprint density at radius 3 is 2.91 bits per heavy atom. The molecule has 0 unspecified atom stereocenters. The van der Waals surface area contributed by atoms with Crippen molar-refractivity contribution in [1.29, 1.82) is 0 Å². The van der Waals surface area contributed by atoms with Crippen molar-refractivity contribution < 1.29 is 5.11 Å². The van der Waals surface area contributed by atoms with Gasteiger partial charge in [0.25, 0.3) is 0 Å². The monoisotopic (exact) mass is 301 g/mol. The summed E-state index contributed by atoms with van der Waals surface area (Å²) in [5.74, 6) is 0.887. The van der Waals surface area contributed by atoms with Gasteiger partial charge in [-0.25, -0.2) is 4.98 Å². The number of aromatic nitrogens is 3. The number of nitrogens with one attached hydrogen (secondary N) is 1. The molecule has 22 heavy (non-hydrogen) atoms. The van der Waals surface area contributed by atoms with Crippen molar-refractivity contribution in [3.05, 3.63) is 36.3 Å². The van der Waals surface area contributed by atoms with Gasteiger partial charge in [0.05, 0.1) is 19.3 Å². The predicted molar refractivity (Wildman–Crippen MR) is 86.9 cm³/mol. The minimum Gasteiger partial charge on any atom is -0.394 e. The van der Waals surface area contributed by atoms with E-state index in [9.17, 15) is 0 Å². The summed E-state index contributed by atoms with van der Waals surface area (Å²) >= 11 is 0. The van der Waals surface area contributed by atoms with Crippen molar-refractivity contribution >= 4 is 11.5 Å². The summed E-state index contributed by atoms with van der Waals surface area (Å²) < 4.78 is 1.74. The number of hydrogen-bond donors (Lipinski definition) is 2. The number of rotatable bonds is 6. The summed E-state index contributed by atoms with van der Waals surface area (Å²) in [5.41, 5.74) is 2.33. The van der Waals surface area contributed by atoms with Crippen molar-refractivity contribution in [3.63, 3.8) is 0 Å². The zero-order valence-corrected chi connectivity index (χ0v) is 12.8. The summed E-state index contributed by atoms with van der Waals surface area (Å²) in [5, 5.41) is 16.4. The van der Waals surface area contributed by atoms with Gasteiger partial charge in [-0.05, 0) is 25.3 Å². The van der Waals surface area contributed by atoms with Crippen LogP contribution in [0.25, 0.3) is 0 Å². The molecule has 0 amide bonds. The van der Waals surface area contributed by atoms with Gasteiger partial charge in [0.1, 0.15) is 5.82 Å². The summed E-state index contributed by atoms with van der Waals surface area (Å²) in [6.07, 6.45) is 9.51. The minimum absolute atomic E-state index is 0.105. The highest BCUT2D eigenvalue weighted by molar-refractivity contribution is 5.54. The van der Waals surface area contributed by atoms with E-state index in [1.807, 2.05) is 18.6 Å². The Labute approximate surface area is 130 Å². The number of hydrogen-bond acceptors (Lipinski definition) is 5. The quantitative estimate of drug-likeness (QED) is 0.852. The van der Waals surface area contributed by atoms with Crippen LogP contribution >= 0.6 is 0 Å². The van der Waals surface area contributed by atoms with E-state index in [0.29, 0.717) is 13.1 Å². The molecule has 0 radical (unpaired) electrons. The van der Waals surface area contributed by atoms with Crippen LogP contribution in [0.1, 0.15) is 24.8 Å². The molecule has 118 valence electrons. The number of aliphatic hydroxyl groups is 1. The molecule has 1 aliphatic rings. The lowest BCUT2D eigenvalue weighted by molar-refractivity contribution is 0.269. The lowest BCUT2D eigenvalue weighted by Crippen LogP contribution is -2.29. The molecule has 0 saturated carbocycles. The molecule has 3 rings (SSSR count). The standard InChI is InChI=1S/C16H23N5O/c22-9-8-21-13-14(12-19-21)11-18-16-10-15(4-5-17-16)20-6-2-1-3-7-20/h4-5,10,12-13,22H,1-3,6-9,11H2,(H,17,18). The van der Waals surface area contributed by atoms with E-state index in [2.05, 4.69) is 32.4 Å². The first kappa shape index (κ1) is 14.8. The maximum Gasteiger partial charge on any atom is 0.128 e. The second kappa shape index (κ2) is 7.26. The molecule has 1 aliphatic heterocycles. The average Bonchev–Trinajstić information content (AvgIpc) is 3.02. The van der Waals surface area contributed by atoms with Gasteiger partial charge in [-0.2, -0.15) is 5.10 Å². The molecule has 6 heteroatoms. The van der Waals surface area contributed by atoms with Crippen molar-refractivity contribution in [2.45, 2.75) is 32.4 Å². The van der Waals surface area contributed by atoms with E-state index in [1.54, 1.807) is 4.68 Å². The molecule has 3 heterocycles. The van der Waals surface area contributed by atoms with E-state index in [1.165, 1.54) is 24.9 Å². The third-order valence-electron chi connectivity index (χ3n) is 3.95. The molecule has 0 aromatic carbocycles. The van der Waals surface area contributed by atoms with Crippen LogP contribution < -0.4 is 10.2 Å². The molecule has 2 N–H and O–H groups in total. The Morgan fingerprint density at radius 2 is 2.09 bits per heavy atom. The molecule has 0 bridgehead atoms. The van der Waals surface area contributed by atoms with Crippen molar-refractivity contribution in [3.8, 4) is 0 Å². The van der Waals surface area contributed by atoms with Gasteiger partial charge in [-0.1, -0.05) is 0 Å². The second-order valence-corrected chi connectivity index (χ2v) is 5.64. The zero-order valence-electron chi connectivity index (χ0n) is 12.8. The van der Waals surface area contributed by atoms with Crippen LogP contribution in [0.4, 0.5) is 11.5 Å². The van der Waals surface area contributed by atoms with Crippen molar-refractivity contribution in [2.24, 2.45) is 0 Å². The second-order valence-electron chi connectivity index (χ2n) is 5.64. The fourth-order valence-corrected chi connectivity index (χ4v) is 2.78. The molecule has 0 atom stereocenters. The minimum atomic E-state index is 0.105. The Morgan fingerprint density at radius 1 is 1.23 bits per heavy atom. The number of pyridine rings is 1. The highest BCUT2D eigenvalue weighted by Crippen LogP contribution is 2.21. The fraction of sp³-hybridized carbons (Fsp3) is 0.500. The lowest BCUT2D eigenvalue weighted by Gasteiger charge is -2.28. The maximum absolute atomic E-state index is 8.90. The van der Waals surface area contributed by atoms with E-state index in [4.69, 9.17) is 5.11 Å². The van der Waals surface area contributed by atoms with Crippen LogP contribution in [0.2, 0.25) is 0 Å². The first-order valence-corrected chi connectivity index (χ1v) is 7.92. The van der Waals surface area contributed by atoms with E-state index >= 15 is 0 Å². The first-order valence-electron chi connectivity index (χ1n) is 7.92. The van der Waals surface area contributed by atoms with Gasteiger partial charge < -0.3 is 15.3 Å². The summed E-state index contributed by atoms with van der Waals surface area (Å²) in [4.78, 5) is 6.81. The fourth-order valence-electron chi connectivity index (χ4n) is 2.78. The van der Waals surface area contributed by atoms with E-state index in [0.717, 1.165) is 24.5 Å². The third-order valence-corrected chi connectivity index (χ3v) is 3.95. The van der Waals surface area contributed by atoms with Gasteiger partial charge in [0.2, 0.25) is 0 Å². The molecule has 0 spiro atoms. The van der Waals surface area contributed by atoms with Crippen LogP contribution in [-0.4, -0.2) is 39.6 Å². The van der Waals surface area contributed by atoms with Gasteiger partial charge in [-0.3, -0.25) is 4.68 Å². The molecule has 2 aromatic heterocycles. The Hall–Kier alpha value is -2.08. The summed E-state index contributed by atoms with van der Waals surface area (Å²) in [7, 11) is 0. The van der Waals surface area contributed by atoms with Gasteiger partial charge in [0, 0.05) is 49.3 Å². The van der Waals surface area contributed by atoms with Crippen LogP contribution in [0, 0.1) is 0 Å². The summed E-state index contributed by atoms with van der Waals surface area (Å²) in [6, 6.07) is 4.19. The van der Waals surface area contributed by atoms with Gasteiger partial charge in [-0.15, -0.1) is 0 Å². The highest BCUT2D eigenvalue weighted by atomic mass is 16.3. The lowest BCUT2D eigenvalue weighted by atomic mass is 10.1. The third kappa shape index (κ3) is 3.76. The number of aliphatic hydroxyl groups excluding tert-OH is 1.